The molecule has 2 aromatic rings. The summed E-state index contributed by atoms with van der Waals surface area (Å²) in [6.07, 6.45) is 2.80. The minimum absolute atomic E-state index is 0.127. The number of carbonyl (C=O) groups is 2. The minimum Gasteiger partial charge on any atom is -0.393 e. The number of unbranched alkanes of at least 4 members (excludes halogenated alkanes) is 2. The van der Waals surface area contributed by atoms with E-state index in [9.17, 15) is 14.7 Å². The van der Waals surface area contributed by atoms with Crippen LogP contribution in [0.25, 0.3) is 10.9 Å². The van der Waals surface area contributed by atoms with Crippen LogP contribution in [0.15, 0.2) is 24.3 Å². The number of amides is 2. The SMILES string of the molecule is CC(C)(C)[C@H](NC(=O)c1nn(CCCCC#N)c2ccccc12)C(=O)N1CCC(O)CC1. The number of aryl methyl sites for hydroxylation is 1. The average molecular weight is 440 g/mol. The van der Waals surface area contributed by atoms with Gasteiger partial charge in [0.15, 0.2) is 5.69 Å². The first-order valence-corrected chi connectivity index (χ1v) is 11.3. The van der Waals surface area contributed by atoms with Crippen LogP contribution in [0.2, 0.25) is 0 Å². The molecule has 0 aliphatic carbocycles. The number of aromatic nitrogens is 2. The molecule has 0 saturated carbocycles. The van der Waals surface area contributed by atoms with E-state index in [1.807, 2.05) is 49.7 Å². The maximum absolute atomic E-state index is 13.3. The van der Waals surface area contributed by atoms with Crippen LogP contribution in [0.5, 0.6) is 0 Å². The standard InChI is InChI=1S/C24H33N5O3/c1-24(2,3)21(23(32)28-15-11-17(30)12-16-28)26-22(31)20-18-9-5-6-10-19(18)29(27-20)14-8-4-7-13-25/h5-6,9-10,17,21,30H,4,7-8,11-12,14-16H2,1-3H3,(H,26,31)/t21-/m1/s1. The number of aliphatic hydroxyl groups is 1. The van der Waals surface area contributed by atoms with Crippen molar-refractivity contribution < 1.29 is 14.7 Å². The van der Waals surface area contributed by atoms with Gasteiger partial charge in [0.2, 0.25) is 5.91 Å². The van der Waals surface area contributed by atoms with Gasteiger partial charge in [0.1, 0.15) is 6.04 Å². The topological polar surface area (TPSA) is 111 Å². The summed E-state index contributed by atoms with van der Waals surface area (Å²) in [7, 11) is 0. The molecule has 0 bridgehead atoms. The molecular formula is C24H33N5O3. The molecule has 2 heterocycles. The van der Waals surface area contributed by atoms with Gasteiger partial charge in [-0.25, -0.2) is 0 Å². The molecule has 32 heavy (non-hydrogen) atoms. The van der Waals surface area contributed by atoms with Crippen molar-refractivity contribution in [2.75, 3.05) is 13.1 Å². The van der Waals surface area contributed by atoms with Crippen LogP contribution in [-0.4, -0.2) is 56.8 Å². The van der Waals surface area contributed by atoms with Crippen molar-refractivity contribution in [3.8, 4) is 6.07 Å². The van der Waals surface area contributed by atoms with Crippen molar-refractivity contribution in [2.45, 2.75) is 71.6 Å². The molecule has 1 aromatic carbocycles. The minimum atomic E-state index is -0.704. The lowest BCUT2D eigenvalue weighted by Gasteiger charge is -2.37. The zero-order valence-corrected chi connectivity index (χ0v) is 19.2. The Morgan fingerprint density at radius 2 is 1.94 bits per heavy atom. The summed E-state index contributed by atoms with van der Waals surface area (Å²) < 4.78 is 1.81. The van der Waals surface area contributed by atoms with E-state index in [1.54, 1.807) is 4.90 Å². The summed E-state index contributed by atoms with van der Waals surface area (Å²) in [5.74, 6) is -0.500. The van der Waals surface area contributed by atoms with E-state index in [0.29, 0.717) is 44.6 Å². The lowest BCUT2D eigenvalue weighted by Crippen LogP contribution is -2.56. The van der Waals surface area contributed by atoms with Gasteiger partial charge in [0.05, 0.1) is 17.7 Å². The second-order valence-corrected chi connectivity index (χ2v) is 9.53. The third-order valence-electron chi connectivity index (χ3n) is 5.95. The van der Waals surface area contributed by atoms with Crippen molar-refractivity contribution in [3.05, 3.63) is 30.0 Å². The van der Waals surface area contributed by atoms with Gasteiger partial charge in [-0.2, -0.15) is 10.4 Å². The van der Waals surface area contributed by atoms with E-state index in [1.165, 1.54) is 0 Å². The Labute approximate surface area is 189 Å². The molecule has 0 unspecified atom stereocenters. The van der Waals surface area contributed by atoms with Gasteiger partial charge in [-0.3, -0.25) is 14.3 Å². The molecule has 1 fully saturated rings. The summed E-state index contributed by atoms with van der Waals surface area (Å²) in [6, 6.07) is 9.01. The fraction of sp³-hybridized carbons (Fsp3) is 0.583. The predicted molar refractivity (Wildman–Crippen MR) is 122 cm³/mol. The van der Waals surface area contributed by atoms with Crippen LogP contribution < -0.4 is 5.32 Å². The second kappa shape index (κ2) is 10.1. The van der Waals surface area contributed by atoms with Gasteiger partial charge in [0, 0.05) is 31.4 Å². The Kier molecular flexibility index (Phi) is 7.52. The fourth-order valence-corrected chi connectivity index (χ4v) is 4.05. The molecule has 0 spiro atoms. The molecule has 1 aliphatic heterocycles. The van der Waals surface area contributed by atoms with Crippen LogP contribution in [-0.2, 0) is 11.3 Å². The van der Waals surface area contributed by atoms with E-state index in [4.69, 9.17) is 5.26 Å². The number of hydrogen-bond donors (Lipinski definition) is 2. The zero-order valence-electron chi connectivity index (χ0n) is 19.2. The van der Waals surface area contributed by atoms with Gasteiger partial charge in [-0.05, 0) is 37.2 Å². The number of fused-ring (bicyclic) bond motifs is 1. The Morgan fingerprint density at radius 3 is 2.59 bits per heavy atom. The fourth-order valence-electron chi connectivity index (χ4n) is 4.05. The summed E-state index contributed by atoms with van der Waals surface area (Å²) >= 11 is 0. The van der Waals surface area contributed by atoms with Gasteiger partial charge in [-0.15, -0.1) is 0 Å². The lowest BCUT2D eigenvalue weighted by molar-refractivity contribution is -0.137. The van der Waals surface area contributed by atoms with Crippen molar-refractivity contribution in [2.24, 2.45) is 5.41 Å². The average Bonchev–Trinajstić information content (AvgIpc) is 3.13. The lowest BCUT2D eigenvalue weighted by atomic mass is 9.85. The number of nitrogens with one attached hydrogen (secondary N) is 1. The number of likely N-dealkylation sites (tertiary alicyclic amines) is 1. The number of nitrogens with zero attached hydrogens (tertiary/aromatic N) is 4. The van der Waals surface area contributed by atoms with E-state index < -0.39 is 11.5 Å². The Bertz CT molecular complexity index is 993. The van der Waals surface area contributed by atoms with Gasteiger partial charge in [-0.1, -0.05) is 39.0 Å². The van der Waals surface area contributed by atoms with Crippen molar-refractivity contribution in [1.82, 2.24) is 20.0 Å². The van der Waals surface area contributed by atoms with Crippen LogP contribution in [0, 0.1) is 16.7 Å². The number of aliphatic hydroxyl groups excluding tert-OH is 1. The summed E-state index contributed by atoms with van der Waals surface area (Å²) in [5.41, 5.74) is 0.675. The summed E-state index contributed by atoms with van der Waals surface area (Å²) in [4.78, 5) is 28.3. The van der Waals surface area contributed by atoms with Crippen LogP contribution in [0.4, 0.5) is 0 Å². The molecule has 8 heteroatoms. The largest absolute Gasteiger partial charge is 0.393 e. The molecule has 2 amide bonds. The third-order valence-corrected chi connectivity index (χ3v) is 5.95. The normalized spacial score (nSPS) is 16.0. The van der Waals surface area contributed by atoms with Gasteiger partial charge >= 0.3 is 0 Å². The highest BCUT2D eigenvalue weighted by Crippen LogP contribution is 2.25. The smallest absolute Gasteiger partial charge is 0.273 e. The molecule has 1 aliphatic rings. The number of nitriles is 1. The quantitative estimate of drug-likeness (QED) is 0.645. The molecule has 172 valence electrons. The van der Waals surface area contributed by atoms with Crippen molar-refractivity contribution >= 4 is 22.7 Å². The highest BCUT2D eigenvalue weighted by atomic mass is 16.3. The first-order chi connectivity index (χ1) is 15.2. The van der Waals surface area contributed by atoms with Crippen LogP contribution in [0.3, 0.4) is 0 Å². The maximum atomic E-state index is 13.3. The highest BCUT2D eigenvalue weighted by molar-refractivity contribution is 6.06. The number of piperidine rings is 1. The molecule has 0 radical (unpaired) electrons. The molecule has 1 atom stereocenters. The Hall–Kier alpha value is -2.92. The predicted octanol–water partition coefficient (Wildman–Crippen LogP) is 2.86. The number of benzene rings is 1. The van der Waals surface area contributed by atoms with Crippen molar-refractivity contribution in [3.63, 3.8) is 0 Å². The molecule has 2 N–H and O–H groups in total. The summed E-state index contributed by atoms with van der Waals surface area (Å²) in [5, 5.41) is 26.8. The number of hydrogen-bond acceptors (Lipinski definition) is 5. The Balaban J connectivity index is 1.82. The first-order valence-electron chi connectivity index (χ1n) is 11.3. The Morgan fingerprint density at radius 1 is 1.25 bits per heavy atom. The third kappa shape index (κ3) is 5.46. The number of para-hydroxylation sites is 1. The molecule has 1 aromatic heterocycles. The van der Waals surface area contributed by atoms with E-state index in [0.717, 1.165) is 23.7 Å². The molecular weight excluding hydrogens is 406 g/mol. The molecule has 1 saturated heterocycles. The van der Waals surface area contributed by atoms with Crippen molar-refractivity contribution in [1.29, 1.82) is 5.26 Å². The first kappa shape index (κ1) is 23.7. The monoisotopic (exact) mass is 439 g/mol. The second-order valence-electron chi connectivity index (χ2n) is 9.53. The molecule has 8 nitrogen and oxygen atoms in total. The van der Waals surface area contributed by atoms with Gasteiger partial charge < -0.3 is 15.3 Å². The van der Waals surface area contributed by atoms with Crippen LogP contribution >= 0.6 is 0 Å². The molecule has 3 rings (SSSR count). The van der Waals surface area contributed by atoms with E-state index in [-0.39, 0.29) is 17.9 Å². The summed E-state index contributed by atoms with van der Waals surface area (Å²) in [6.45, 7) is 7.39. The van der Waals surface area contributed by atoms with Crippen LogP contribution in [0.1, 0.15) is 63.4 Å². The van der Waals surface area contributed by atoms with E-state index >= 15 is 0 Å². The van der Waals surface area contributed by atoms with Gasteiger partial charge in [0.25, 0.3) is 5.91 Å². The maximum Gasteiger partial charge on any atom is 0.273 e. The highest BCUT2D eigenvalue weighted by Gasteiger charge is 2.37. The zero-order chi connectivity index (χ0) is 23.3. The number of rotatable bonds is 7. The number of carbonyl (C=O) groups excluding carboxylic acids is 2. The van der Waals surface area contributed by atoms with E-state index in [2.05, 4.69) is 16.5 Å².